The maximum Gasteiger partial charge on any atom is 0.471 e. The molecular weight excluding hydrogens is 573 g/mol. The average molecular weight is 595 g/mol. The van der Waals surface area contributed by atoms with Crippen LogP contribution < -0.4 is 16.0 Å². The molecule has 41 heavy (non-hydrogen) atoms. The Hall–Kier alpha value is -4.05. The molecule has 0 atom stereocenters. The van der Waals surface area contributed by atoms with Crippen LogP contribution in [0.5, 0.6) is 0 Å². The number of nitrogens with one attached hydrogen (secondary N) is 3. The number of rotatable bonds is 6. The largest absolute Gasteiger partial charge is 0.471 e. The molecule has 3 N–H and O–H groups in total. The number of hydrogen-bond donors (Lipinski definition) is 3. The SMILES string of the molecule is Cn1cc(-c2cnc(Nc3cc(C(F)(F)F)cc(C(F)(F)F)c3)nc2N[C@H]2CC[C@H](NC(=O)C(F)(F)F)CC2)cn1. The first-order valence-corrected chi connectivity index (χ1v) is 12.1. The molecule has 3 aromatic rings. The lowest BCUT2D eigenvalue weighted by Crippen LogP contribution is -2.45. The van der Waals surface area contributed by atoms with Crippen LogP contribution >= 0.6 is 0 Å². The molecule has 0 spiro atoms. The van der Waals surface area contributed by atoms with Gasteiger partial charge in [0, 0.05) is 48.3 Å². The zero-order valence-electron chi connectivity index (χ0n) is 21.0. The summed E-state index contributed by atoms with van der Waals surface area (Å²) in [6.45, 7) is 0. The summed E-state index contributed by atoms with van der Waals surface area (Å²) >= 11 is 0. The van der Waals surface area contributed by atoms with E-state index in [9.17, 15) is 44.3 Å². The molecule has 222 valence electrons. The highest BCUT2D eigenvalue weighted by Crippen LogP contribution is 2.38. The second kappa shape index (κ2) is 11.1. The Kier molecular flexibility index (Phi) is 8.09. The van der Waals surface area contributed by atoms with Crippen LogP contribution in [0.4, 0.5) is 57.0 Å². The molecule has 2 heterocycles. The fourth-order valence-electron chi connectivity index (χ4n) is 4.32. The van der Waals surface area contributed by atoms with Gasteiger partial charge in [-0.3, -0.25) is 9.48 Å². The van der Waals surface area contributed by atoms with Gasteiger partial charge >= 0.3 is 24.4 Å². The predicted octanol–water partition coefficient (Wildman–Crippen LogP) is 6.06. The van der Waals surface area contributed by atoms with Crippen molar-refractivity contribution in [2.75, 3.05) is 10.6 Å². The summed E-state index contributed by atoms with van der Waals surface area (Å²) in [5, 5.41) is 11.5. The van der Waals surface area contributed by atoms with Crippen molar-refractivity contribution in [3.63, 3.8) is 0 Å². The first kappa shape index (κ1) is 29.9. The normalized spacial score (nSPS) is 18.2. The van der Waals surface area contributed by atoms with E-state index >= 15 is 0 Å². The molecule has 1 saturated carbocycles. The molecule has 1 fully saturated rings. The van der Waals surface area contributed by atoms with Crippen LogP contribution in [0.1, 0.15) is 36.8 Å². The van der Waals surface area contributed by atoms with Gasteiger partial charge in [-0.1, -0.05) is 0 Å². The van der Waals surface area contributed by atoms with Crippen molar-refractivity contribution in [3.05, 3.63) is 47.9 Å². The minimum atomic E-state index is -5.05. The van der Waals surface area contributed by atoms with Crippen molar-refractivity contribution in [2.24, 2.45) is 7.05 Å². The molecule has 1 amide bonds. The van der Waals surface area contributed by atoms with Crippen LogP contribution in [0.25, 0.3) is 11.1 Å². The third-order valence-corrected chi connectivity index (χ3v) is 6.31. The second-order valence-electron chi connectivity index (χ2n) is 9.44. The van der Waals surface area contributed by atoms with Gasteiger partial charge in [-0.25, -0.2) is 4.98 Å². The van der Waals surface area contributed by atoms with Crippen molar-refractivity contribution in [1.29, 1.82) is 0 Å². The summed E-state index contributed by atoms with van der Waals surface area (Å²) in [6, 6.07) is -0.0177. The third kappa shape index (κ3) is 7.58. The minimum Gasteiger partial charge on any atom is -0.367 e. The number of anilines is 3. The van der Waals surface area contributed by atoms with Crippen molar-refractivity contribution >= 4 is 23.4 Å². The van der Waals surface area contributed by atoms with Gasteiger partial charge in [0.1, 0.15) is 5.82 Å². The molecule has 8 nitrogen and oxygen atoms in total. The number of benzene rings is 1. The van der Waals surface area contributed by atoms with Crippen LogP contribution in [-0.4, -0.2) is 43.9 Å². The smallest absolute Gasteiger partial charge is 0.367 e. The van der Waals surface area contributed by atoms with Gasteiger partial charge in [0.2, 0.25) is 5.95 Å². The lowest BCUT2D eigenvalue weighted by Gasteiger charge is -2.30. The second-order valence-corrected chi connectivity index (χ2v) is 9.44. The summed E-state index contributed by atoms with van der Waals surface area (Å²) in [5.41, 5.74) is -2.63. The average Bonchev–Trinajstić information content (AvgIpc) is 3.29. The highest BCUT2D eigenvalue weighted by Gasteiger charge is 2.40. The van der Waals surface area contributed by atoms with E-state index in [1.54, 1.807) is 13.2 Å². The summed E-state index contributed by atoms with van der Waals surface area (Å²) in [5.74, 6) is -2.16. The maximum atomic E-state index is 13.3. The van der Waals surface area contributed by atoms with Gasteiger partial charge in [0.15, 0.2) is 0 Å². The number of aromatic nitrogens is 4. The Bertz CT molecular complexity index is 1360. The lowest BCUT2D eigenvalue weighted by molar-refractivity contribution is -0.174. The molecule has 17 heteroatoms. The van der Waals surface area contributed by atoms with E-state index in [1.807, 2.05) is 5.32 Å². The minimum absolute atomic E-state index is 0.00199. The van der Waals surface area contributed by atoms with E-state index in [2.05, 4.69) is 25.7 Å². The number of alkyl halides is 9. The molecule has 0 unspecified atom stereocenters. The number of nitrogens with zero attached hydrogens (tertiary/aromatic N) is 4. The van der Waals surface area contributed by atoms with E-state index < -0.39 is 47.3 Å². The van der Waals surface area contributed by atoms with Gasteiger partial charge in [-0.2, -0.15) is 49.6 Å². The molecule has 0 saturated heterocycles. The van der Waals surface area contributed by atoms with Gasteiger partial charge in [-0.15, -0.1) is 0 Å². The van der Waals surface area contributed by atoms with Crippen LogP contribution in [0, 0.1) is 0 Å². The van der Waals surface area contributed by atoms with E-state index in [0.29, 0.717) is 36.1 Å². The number of amides is 1. The van der Waals surface area contributed by atoms with E-state index in [-0.39, 0.29) is 36.7 Å². The summed E-state index contributed by atoms with van der Waals surface area (Å²) < 4.78 is 119. The standard InChI is InChI=1S/C24H22F9N7O/c1-40-11-12(9-35-40)18-10-34-21(38-17-7-13(22(25,26)27)6-14(8-17)23(28,29)30)39-19(18)36-15-2-4-16(5-3-15)37-20(41)24(31,32)33/h6-11,15-16H,2-5H2,1H3,(H,37,41)(H2,34,36,38,39)/t15-,16-. The molecular formula is C24H22F9N7O. The summed E-state index contributed by atoms with van der Waals surface area (Å²) in [7, 11) is 1.65. The topological polar surface area (TPSA) is 96.8 Å². The predicted molar refractivity (Wildman–Crippen MR) is 128 cm³/mol. The molecule has 0 bridgehead atoms. The van der Waals surface area contributed by atoms with Gasteiger partial charge in [0.25, 0.3) is 0 Å². The van der Waals surface area contributed by atoms with Crippen LogP contribution in [0.2, 0.25) is 0 Å². The number of carbonyl (C=O) groups excluding carboxylic acids is 1. The lowest BCUT2D eigenvalue weighted by atomic mass is 9.91. The first-order valence-electron chi connectivity index (χ1n) is 12.1. The zero-order valence-corrected chi connectivity index (χ0v) is 21.0. The van der Waals surface area contributed by atoms with Crippen molar-refractivity contribution in [3.8, 4) is 11.1 Å². The molecule has 4 rings (SSSR count). The van der Waals surface area contributed by atoms with Gasteiger partial charge in [0.05, 0.1) is 17.3 Å². The van der Waals surface area contributed by atoms with E-state index in [4.69, 9.17) is 0 Å². The molecule has 1 aliphatic rings. The van der Waals surface area contributed by atoms with Crippen molar-refractivity contribution in [1.82, 2.24) is 25.1 Å². The van der Waals surface area contributed by atoms with Crippen molar-refractivity contribution in [2.45, 2.75) is 56.3 Å². The van der Waals surface area contributed by atoms with Gasteiger partial charge in [-0.05, 0) is 43.9 Å². The third-order valence-electron chi connectivity index (χ3n) is 6.31. The van der Waals surface area contributed by atoms with E-state index in [0.717, 1.165) is 0 Å². The maximum absolute atomic E-state index is 13.3. The zero-order chi connectivity index (χ0) is 30.2. The molecule has 1 aromatic carbocycles. The van der Waals surface area contributed by atoms with Crippen LogP contribution in [0.15, 0.2) is 36.8 Å². The first-order chi connectivity index (χ1) is 19.0. The quantitative estimate of drug-likeness (QED) is 0.300. The molecule has 0 aliphatic heterocycles. The Balaban J connectivity index is 1.58. The molecule has 2 aromatic heterocycles. The Morgan fingerprint density at radius 3 is 1.98 bits per heavy atom. The van der Waals surface area contributed by atoms with Crippen LogP contribution in [0.3, 0.4) is 0 Å². The van der Waals surface area contributed by atoms with Crippen LogP contribution in [-0.2, 0) is 24.2 Å². The fourth-order valence-corrected chi connectivity index (χ4v) is 4.32. The Morgan fingerprint density at radius 1 is 0.878 bits per heavy atom. The number of halogens is 9. The molecule has 0 radical (unpaired) electrons. The summed E-state index contributed by atoms with van der Waals surface area (Å²) in [4.78, 5) is 19.6. The monoisotopic (exact) mass is 595 g/mol. The Labute approximate surface area is 226 Å². The highest BCUT2D eigenvalue weighted by molar-refractivity contribution is 5.82. The van der Waals surface area contributed by atoms with Gasteiger partial charge < -0.3 is 16.0 Å². The fraction of sp³-hybridized carbons (Fsp3) is 0.417. The van der Waals surface area contributed by atoms with Crippen molar-refractivity contribution < 1.29 is 44.3 Å². The summed E-state index contributed by atoms with van der Waals surface area (Å²) in [6.07, 6.45) is -9.55. The number of carbonyl (C=O) groups is 1. The molecule has 1 aliphatic carbocycles. The number of hydrogen-bond acceptors (Lipinski definition) is 6. The van der Waals surface area contributed by atoms with E-state index in [1.165, 1.54) is 17.1 Å². The Morgan fingerprint density at radius 2 is 1.46 bits per heavy atom. The highest BCUT2D eigenvalue weighted by atomic mass is 19.4. The number of aryl methyl sites for hydroxylation is 1.